The molecular weight excluding hydrogens is 405 g/mol. The predicted molar refractivity (Wildman–Crippen MR) is 103 cm³/mol. The first kappa shape index (κ1) is 19.7. The number of carbonyl (C=O) groups is 2. The number of carbonyl (C=O) groups excluding carboxylic acids is 2. The Labute approximate surface area is 169 Å². The van der Waals surface area contributed by atoms with Crippen molar-refractivity contribution < 1.29 is 9.59 Å². The zero-order chi connectivity index (χ0) is 20.4. The van der Waals surface area contributed by atoms with E-state index in [0.717, 1.165) is 0 Å². The van der Waals surface area contributed by atoms with E-state index in [9.17, 15) is 9.59 Å². The highest BCUT2D eigenvalue weighted by Crippen LogP contribution is 2.20. The van der Waals surface area contributed by atoms with Crippen molar-refractivity contribution in [3.8, 4) is 5.82 Å². The van der Waals surface area contributed by atoms with E-state index in [2.05, 4.69) is 25.4 Å². The Hall–Kier alpha value is -3.04. The van der Waals surface area contributed by atoms with Gasteiger partial charge < -0.3 is 11.1 Å². The standard InChI is InChI=1S/C17H15Cl2N7O2/c1-8(23-17(28)10-3-11(18)5-12(19)4-10)16-24-9(2)25-26(16)14-6-13(15(20)27)21-7-22-14/h3-8H,1-2H3,(H2,20,27)(H,23,28)/t8-/m0/s1. The lowest BCUT2D eigenvalue weighted by Gasteiger charge is -2.14. The summed E-state index contributed by atoms with van der Waals surface area (Å²) in [5, 5.41) is 7.80. The van der Waals surface area contributed by atoms with Gasteiger partial charge in [0.15, 0.2) is 11.6 Å². The van der Waals surface area contributed by atoms with Crippen LogP contribution in [0.25, 0.3) is 5.82 Å². The molecule has 11 heteroatoms. The monoisotopic (exact) mass is 419 g/mol. The molecule has 0 unspecified atom stereocenters. The van der Waals surface area contributed by atoms with Crippen LogP contribution >= 0.6 is 23.2 Å². The van der Waals surface area contributed by atoms with Crippen LogP contribution in [-0.4, -0.2) is 36.5 Å². The van der Waals surface area contributed by atoms with Crippen molar-refractivity contribution in [1.82, 2.24) is 30.0 Å². The van der Waals surface area contributed by atoms with Gasteiger partial charge in [0, 0.05) is 21.7 Å². The van der Waals surface area contributed by atoms with Gasteiger partial charge in [0.05, 0.1) is 6.04 Å². The van der Waals surface area contributed by atoms with E-state index in [0.29, 0.717) is 33.1 Å². The third-order valence-corrected chi connectivity index (χ3v) is 4.16. The second-order valence-electron chi connectivity index (χ2n) is 5.91. The second kappa shape index (κ2) is 7.91. The number of amides is 2. The lowest BCUT2D eigenvalue weighted by Crippen LogP contribution is -2.29. The maximum absolute atomic E-state index is 12.6. The summed E-state index contributed by atoms with van der Waals surface area (Å²) in [6.07, 6.45) is 1.20. The smallest absolute Gasteiger partial charge is 0.267 e. The third kappa shape index (κ3) is 4.26. The Kier molecular flexibility index (Phi) is 5.57. The Bertz CT molecular complexity index is 1050. The lowest BCUT2D eigenvalue weighted by molar-refractivity contribution is 0.0937. The summed E-state index contributed by atoms with van der Waals surface area (Å²) in [5.41, 5.74) is 5.61. The molecule has 0 aliphatic heterocycles. The van der Waals surface area contributed by atoms with E-state index in [1.54, 1.807) is 13.8 Å². The molecule has 1 aromatic carbocycles. The molecule has 0 fully saturated rings. The average molecular weight is 420 g/mol. The zero-order valence-electron chi connectivity index (χ0n) is 14.8. The van der Waals surface area contributed by atoms with Gasteiger partial charge in [-0.25, -0.2) is 15.0 Å². The van der Waals surface area contributed by atoms with Crippen LogP contribution in [0.15, 0.2) is 30.6 Å². The summed E-state index contributed by atoms with van der Waals surface area (Å²) >= 11 is 11.9. The number of nitrogens with zero attached hydrogens (tertiary/aromatic N) is 5. The van der Waals surface area contributed by atoms with Crippen LogP contribution in [0.1, 0.15) is 45.5 Å². The molecule has 2 aromatic heterocycles. The van der Waals surface area contributed by atoms with Crippen molar-refractivity contribution in [2.45, 2.75) is 19.9 Å². The van der Waals surface area contributed by atoms with Crippen molar-refractivity contribution in [2.75, 3.05) is 0 Å². The highest BCUT2D eigenvalue weighted by Gasteiger charge is 2.20. The van der Waals surface area contributed by atoms with Crippen LogP contribution in [0, 0.1) is 6.92 Å². The first-order valence-electron chi connectivity index (χ1n) is 8.07. The molecule has 0 spiro atoms. The lowest BCUT2D eigenvalue weighted by atomic mass is 10.2. The number of nitrogens with two attached hydrogens (primary N) is 1. The number of hydrogen-bond acceptors (Lipinski definition) is 6. The summed E-state index contributed by atoms with van der Waals surface area (Å²) in [4.78, 5) is 36.2. The fourth-order valence-corrected chi connectivity index (χ4v) is 3.03. The molecule has 144 valence electrons. The van der Waals surface area contributed by atoms with E-state index >= 15 is 0 Å². The molecule has 28 heavy (non-hydrogen) atoms. The molecule has 2 heterocycles. The van der Waals surface area contributed by atoms with Gasteiger partial charge >= 0.3 is 0 Å². The molecular formula is C17H15Cl2N7O2. The number of halogens is 2. The van der Waals surface area contributed by atoms with E-state index < -0.39 is 11.9 Å². The fraction of sp³-hybridized carbons (Fsp3) is 0.176. The zero-order valence-corrected chi connectivity index (χ0v) is 16.4. The summed E-state index contributed by atoms with van der Waals surface area (Å²) in [7, 11) is 0. The molecule has 3 rings (SSSR count). The Morgan fingerprint density at radius 3 is 2.46 bits per heavy atom. The van der Waals surface area contributed by atoms with Gasteiger partial charge in [-0.2, -0.15) is 4.68 Å². The van der Waals surface area contributed by atoms with Crippen LogP contribution in [0.4, 0.5) is 0 Å². The first-order chi connectivity index (χ1) is 13.2. The topological polar surface area (TPSA) is 129 Å². The number of nitrogens with one attached hydrogen (secondary N) is 1. The minimum atomic E-state index is -0.693. The Morgan fingerprint density at radius 2 is 1.82 bits per heavy atom. The predicted octanol–water partition coefficient (Wildman–Crippen LogP) is 2.26. The Morgan fingerprint density at radius 1 is 1.14 bits per heavy atom. The van der Waals surface area contributed by atoms with Gasteiger partial charge in [-0.1, -0.05) is 23.2 Å². The highest BCUT2D eigenvalue weighted by molar-refractivity contribution is 6.35. The number of hydrogen-bond donors (Lipinski definition) is 2. The minimum Gasteiger partial charge on any atom is -0.364 e. The quantitative estimate of drug-likeness (QED) is 0.652. The van der Waals surface area contributed by atoms with E-state index in [1.807, 2.05) is 0 Å². The van der Waals surface area contributed by atoms with Crippen LogP contribution in [0.3, 0.4) is 0 Å². The summed E-state index contributed by atoms with van der Waals surface area (Å²) < 4.78 is 1.42. The van der Waals surface area contributed by atoms with Gasteiger partial charge in [-0.15, -0.1) is 5.10 Å². The number of aryl methyl sites for hydroxylation is 1. The molecule has 0 aliphatic rings. The molecule has 0 aliphatic carbocycles. The molecule has 2 amide bonds. The molecule has 0 bridgehead atoms. The summed E-state index contributed by atoms with van der Waals surface area (Å²) in [6.45, 7) is 3.43. The highest BCUT2D eigenvalue weighted by atomic mass is 35.5. The van der Waals surface area contributed by atoms with Crippen molar-refractivity contribution in [3.63, 3.8) is 0 Å². The Balaban J connectivity index is 1.91. The molecule has 3 aromatic rings. The average Bonchev–Trinajstić information content (AvgIpc) is 3.03. The van der Waals surface area contributed by atoms with E-state index in [4.69, 9.17) is 28.9 Å². The molecule has 0 saturated carbocycles. The van der Waals surface area contributed by atoms with Crippen molar-refractivity contribution in [3.05, 3.63) is 63.5 Å². The normalized spacial score (nSPS) is 11.9. The molecule has 0 radical (unpaired) electrons. The van der Waals surface area contributed by atoms with Crippen LogP contribution < -0.4 is 11.1 Å². The molecule has 3 N–H and O–H groups in total. The van der Waals surface area contributed by atoms with Crippen LogP contribution in [0.2, 0.25) is 10.0 Å². The molecule has 9 nitrogen and oxygen atoms in total. The fourth-order valence-electron chi connectivity index (χ4n) is 2.51. The third-order valence-electron chi connectivity index (χ3n) is 3.72. The molecule has 0 saturated heterocycles. The summed E-state index contributed by atoms with van der Waals surface area (Å²) in [5.74, 6) is 0.0892. The SMILES string of the molecule is Cc1nc([C@H](C)NC(=O)c2cc(Cl)cc(Cl)c2)n(-c2cc(C(N)=O)ncn2)n1. The number of rotatable bonds is 5. The van der Waals surface area contributed by atoms with Crippen molar-refractivity contribution in [1.29, 1.82) is 0 Å². The number of benzene rings is 1. The molecule has 1 atom stereocenters. The van der Waals surface area contributed by atoms with Gasteiger partial charge in [0.25, 0.3) is 11.8 Å². The van der Waals surface area contributed by atoms with Crippen molar-refractivity contribution >= 4 is 35.0 Å². The van der Waals surface area contributed by atoms with Gasteiger partial charge in [0.1, 0.15) is 17.8 Å². The second-order valence-corrected chi connectivity index (χ2v) is 6.78. The largest absolute Gasteiger partial charge is 0.364 e. The maximum Gasteiger partial charge on any atom is 0.267 e. The minimum absolute atomic E-state index is 0.0364. The first-order valence-corrected chi connectivity index (χ1v) is 8.83. The summed E-state index contributed by atoms with van der Waals surface area (Å²) in [6, 6.07) is 5.41. The van der Waals surface area contributed by atoms with Crippen molar-refractivity contribution in [2.24, 2.45) is 5.73 Å². The maximum atomic E-state index is 12.6. The van der Waals surface area contributed by atoms with Gasteiger partial charge in [-0.3, -0.25) is 9.59 Å². The van der Waals surface area contributed by atoms with E-state index in [1.165, 1.54) is 35.3 Å². The van der Waals surface area contributed by atoms with Gasteiger partial charge in [0.2, 0.25) is 0 Å². The van der Waals surface area contributed by atoms with Gasteiger partial charge in [-0.05, 0) is 32.0 Å². The van der Waals surface area contributed by atoms with Crippen LogP contribution in [-0.2, 0) is 0 Å². The number of aromatic nitrogens is 5. The number of primary amides is 1. The van der Waals surface area contributed by atoms with Crippen LogP contribution in [0.5, 0.6) is 0 Å². The van der Waals surface area contributed by atoms with E-state index in [-0.39, 0.29) is 11.6 Å².